The molecule has 1 aromatic carbocycles. The minimum atomic E-state index is -4.46. The van der Waals surface area contributed by atoms with Gasteiger partial charge in [-0.05, 0) is 31.9 Å². The molecule has 0 aliphatic heterocycles. The number of hydrogen-bond donors (Lipinski definition) is 1. The summed E-state index contributed by atoms with van der Waals surface area (Å²) in [4.78, 5) is 0. The number of benzene rings is 1. The summed E-state index contributed by atoms with van der Waals surface area (Å²) in [6, 6.07) is 3.70. The van der Waals surface area contributed by atoms with E-state index in [9.17, 15) is 13.2 Å². The van der Waals surface area contributed by atoms with Gasteiger partial charge in [-0.15, -0.1) is 0 Å². The van der Waals surface area contributed by atoms with Gasteiger partial charge in [-0.3, -0.25) is 0 Å². The lowest BCUT2D eigenvalue weighted by Crippen LogP contribution is -2.16. The van der Waals surface area contributed by atoms with E-state index in [4.69, 9.17) is 0 Å². The predicted molar refractivity (Wildman–Crippen MR) is 75.5 cm³/mol. The third-order valence-corrected chi connectivity index (χ3v) is 3.47. The molecule has 0 bridgehead atoms. The Hall–Kier alpha value is -1.43. The van der Waals surface area contributed by atoms with E-state index >= 15 is 0 Å². The van der Waals surface area contributed by atoms with Gasteiger partial charge in [0, 0.05) is 11.3 Å². The second kappa shape index (κ2) is 5.16. The molecule has 108 valence electrons. The Morgan fingerprint density at radius 1 is 1.15 bits per heavy atom. The van der Waals surface area contributed by atoms with Gasteiger partial charge in [0.25, 0.3) is 0 Å². The first-order valence-electron chi connectivity index (χ1n) is 6.09. The molecule has 2 nitrogen and oxygen atoms in total. The smallest absolute Gasteiger partial charge is 0.228 e. The molecule has 0 atom stereocenters. The first-order chi connectivity index (χ1) is 9.25. The van der Waals surface area contributed by atoms with Crippen molar-refractivity contribution in [2.24, 2.45) is 0 Å². The van der Waals surface area contributed by atoms with Crippen molar-refractivity contribution < 1.29 is 13.2 Å². The number of alkyl halides is 3. The maximum atomic E-state index is 13.3. The summed E-state index contributed by atoms with van der Waals surface area (Å²) in [6.07, 6.45) is -3.23. The molecule has 0 amide bonds. The van der Waals surface area contributed by atoms with Gasteiger partial charge in [-0.2, -0.15) is 30.9 Å². The summed E-state index contributed by atoms with van der Waals surface area (Å²) in [7, 11) is 0. The Bertz CT molecular complexity index is 621. The Labute approximate surface area is 121 Å². The van der Waals surface area contributed by atoms with Crippen LogP contribution in [0, 0.1) is 20.8 Å². The fourth-order valence-corrected chi connectivity index (χ4v) is 2.71. The molecule has 0 saturated carbocycles. The maximum absolute atomic E-state index is 13.3. The molecule has 0 saturated heterocycles. The van der Waals surface area contributed by atoms with Crippen LogP contribution in [0.2, 0.25) is 0 Å². The maximum Gasteiger partial charge on any atom is 0.433 e. The van der Waals surface area contributed by atoms with E-state index in [-0.39, 0.29) is 11.3 Å². The van der Waals surface area contributed by atoms with Crippen LogP contribution in [0.1, 0.15) is 27.9 Å². The summed E-state index contributed by atoms with van der Waals surface area (Å²) < 4.78 is 40.8. The average molecular weight is 300 g/mol. The second-order valence-electron chi connectivity index (χ2n) is 4.83. The minimum absolute atomic E-state index is 0.00119. The van der Waals surface area contributed by atoms with Crippen molar-refractivity contribution in [3.8, 4) is 5.69 Å². The Kier molecular flexibility index (Phi) is 3.86. The molecule has 6 heteroatoms. The normalized spacial score (nSPS) is 11.9. The second-order valence-corrected chi connectivity index (χ2v) is 5.15. The van der Waals surface area contributed by atoms with E-state index in [1.165, 1.54) is 6.20 Å². The molecular formula is C14H15F3N2S. The van der Waals surface area contributed by atoms with Crippen LogP contribution in [-0.4, -0.2) is 9.78 Å². The van der Waals surface area contributed by atoms with E-state index in [2.05, 4.69) is 17.7 Å². The lowest BCUT2D eigenvalue weighted by atomic mass is 10.0. The topological polar surface area (TPSA) is 17.8 Å². The molecule has 0 unspecified atom stereocenters. The van der Waals surface area contributed by atoms with Crippen LogP contribution in [0.3, 0.4) is 0 Å². The zero-order chi connectivity index (χ0) is 15.1. The number of halogens is 3. The molecule has 0 aliphatic rings. The van der Waals surface area contributed by atoms with Gasteiger partial charge in [-0.25, -0.2) is 4.68 Å². The van der Waals surface area contributed by atoms with Crippen molar-refractivity contribution in [1.82, 2.24) is 9.78 Å². The van der Waals surface area contributed by atoms with Crippen LogP contribution in [0.25, 0.3) is 5.69 Å². The van der Waals surface area contributed by atoms with E-state index in [1.54, 1.807) is 13.8 Å². The molecule has 2 aromatic rings. The van der Waals surface area contributed by atoms with E-state index in [1.807, 2.05) is 19.1 Å². The van der Waals surface area contributed by atoms with Crippen molar-refractivity contribution in [3.05, 3.63) is 46.3 Å². The number of hydrogen-bond acceptors (Lipinski definition) is 2. The monoisotopic (exact) mass is 300 g/mol. The van der Waals surface area contributed by atoms with Crippen molar-refractivity contribution in [2.75, 3.05) is 0 Å². The number of aryl methyl sites for hydroxylation is 3. The summed E-state index contributed by atoms with van der Waals surface area (Å²) >= 11 is 3.95. The van der Waals surface area contributed by atoms with Crippen LogP contribution in [0.4, 0.5) is 13.2 Å². The minimum Gasteiger partial charge on any atom is -0.228 e. The molecule has 1 aromatic heterocycles. The molecule has 2 rings (SSSR count). The highest BCUT2D eigenvalue weighted by Gasteiger charge is 2.38. The molecule has 0 radical (unpaired) electrons. The van der Waals surface area contributed by atoms with Gasteiger partial charge in [0.05, 0.1) is 11.9 Å². The van der Waals surface area contributed by atoms with Gasteiger partial charge >= 0.3 is 6.18 Å². The van der Waals surface area contributed by atoms with Crippen LogP contribution in [0.5, 0.6) is 0 Å². The molecule has 0 spiro atoms. The van der Waals surface area contributed by atoms with E-state index < -0.39 is 11.9 Å². The van der Waals surface area contributed by atoms with Gasteiger partial charge < -0.3 is 0 Å². The molecule has 0 fully saturated rings. The third-order valence-electron chi connectivity index (χ3n) is 3.13. The zero-order valence-electron chi connectivity index (χ0n) is 11.4. The number of nitrogens with zero attached hydrogens (tertiary/aromatic N) is 2. The summed E-state index contributed by atoms with van der Waals surface area (Å²) in [5.74, 6) is -0.00119. The number of thiol groups is 1. The first kappa shape index (κ1) is 15.0. The fraction of sp³-hybridized carbons (Fsp3) is 0.357. The van der Waals surface area contributed by atoms with Gasteiger partial charge in [0.2, 0.25) is 0 Å². The van der Waals surface area contributed by atoms with Gasteiger partial charge in [-0.1, -0.05) is 17.7 Å². The largest absolute Gasteiger partial charge is 0.433 e. The highest BCUT2D eigenvalue weighted by Crippen LogP contribution is 2.35. The lowest BCUT2D eigenvalue weighted by Gasteiger charge is -2.16. The number of rotatable bonds is 2. The Balaban J connectivity index is 2.75. The lowest BCUT2D eigenvalue weighted by molar-refractivity contribution is -0.143. The Morgan fingerprint density at radius 2 is 1.70 bits per heavy atom. The van der Waals surface area contributed by atoms with Crippen molar-refractivity contribution in [3.63, 3.8) is 0 Å². The Morgan fingerprint density at radius 3 is 2.15 bits per heavy atom. The van der Waals surface area contributed by atoms with Crippen LogP contribution < -0.4 is 0 Å². The van der Waals surface area contributed by atoms with Gasteiger partial charge in [0.15, 0.2) is 5.69 Å². The van der Waals surface area contributed by atoms with Gasteiger partial charge in [0.1, 0.15) is 0 Å². The molecule has 1 heterocycles. The van der Waals surface area contributed by atoms with Crippen molar-refractivity contribution in [2.45, 2.75) is 32.7 Å². The van der Waals surface area contributed by atoms with Crippen LogP contribution in [-0.2, 0) is 11.9 Å². The molecule has 0 N–H and O–H groups in total. The van der Waals surface area contributed by atoms with Crippen LogP contribution >= 0.6 is 12.6 Å². The molecular weight excluding hydrogens is 285 g/mol. The van der Waals surface area contributed by atoms with Crippen LogP contribution in [0.15, 0.2) is 18.3 Å². The fourth-order valence-electron chi connectivity index (χ4n) is 2.48. The van der Waals surface area contributed by atoms with Crippen molar-refractivity contribution in [1.29, 1.82) is 0 Å². The highest BCUT2D eigenvalue weighted by molar-refractivity contribution is 7.79. The number of aromatic nitrogens is 2. The first-order valence-corrected chi connectivity index (χ1v) is 6.72. The summed E-state index contributed by atoms with van der Waals surface area (Å²) in [6.45, 7) is 5.49. The average Bonchev–Trinajstić information content (AvgIpc) is 2.70. The quantitative estimate of drug-likeness (QED) is 0.821. The van der Waals surface area contributed by atoms with Crippen molar-refractivity contribution >= 4 is 12.6 Å². The highest BCUT2D eigenvalue weighted by atomic mass is 32.1. The van der Waals surface area contributed by atoms with E-state index in [0.29, 0.717) is 5.69 Å². The SMILES string of the molecule is Cc1cc(C)c(-n2ncc(CS)c2C(F)(F)F)c(C)c1. The summed E-state index contributed by atoms with van der Waals surface area (Å²) in [5.41, 5.74) is 2.36. The third kappa shape index (κ3) is 2.57. The predicted octanol–water partition coefficient (Wildman–Crippen LogP) is 4.25. The molecule has 0 aliphatic carbocycles. The standard InChI is InChI=1S/C14H15F3N2S/c1-8-4-9(2)12(10(3)5-8)19-13(14(15,16)17)11(7-20)6-18-19/h4-6,20H,7H2,1-3H3. The molecule has 20 heavy (non-hydrogen) atoms. The van der Waals surface area contributed by atoms with E-state index in [0.717, 1.165) is 21.4 Å². The summed E-state index contributed by atoms with van der Waals surface area (Å²) in [5, 5.41) is 3.92. The zero-order valence-corrected chi connectivity index (χ0v) is 12.3.